The molecule has 1 aliphatic carbocycles. The molecular weight excluding hydrogens is 226 g/mol. The Kier molecular flexibility index (Phi) is 2.96. The summed E-state index contributed by atoms with van der Waals surface area (Å²) in [5, 5.41) is 12.1. The van der Waals surface area contributed by atoms with Crippen LogP contribution < -0.4 is 5.32 Å². The van der Waals surface area contributed by atoms with Gasteiger partial charge in [-0.1, -0.05) is 6.42 Å². The van der Waals surface area contributed by atoms with Crippen LogP contribution in [0.3, 0.4) is 0 Å². The molecule has 5 heteroatoms. The van der Waals surface area contributed by atoms with Crippen molar-refractivity contribution in [1.82, 2.24) is 0 Å². The predicted molar refractivity (Wildman–Crippen MR) is 62.2 cm³/mol. The van der Waals surface area contributed by atoms with Crippen LogP contribution in [0.25, 0.3) is 0 Å². The number of carboxylic acids is 1. The number of thiophene rings is 1. The first-order chi connectivity index (χ1) is 7.58. The molecule has 0 radical (unpaired) electrons. The van der Waals surface area contributed by atoms with Gasteiger partial charge in [-0.25, -0.2) is 4.79 Å². The highest BCUT2D eigenvalue weighted by Gasteiger charge is 2.25. The number of carboxylic acid groups (broad SMARTS) is 1. The topological polar surface area (TPSA) is 66.4 Å². The van der Waals surface area contributed by atoms with E-state index in [9.17, 15) is 9.59 Å². The van der Waals surface area contributed by atoms with Crippen LogP contribution in [0.15, 0.2) is 6.07 Å². The second kappa shape index (κ2) is 4.25. The first kappa shape index (κ1) is 11.1. The lowest BCUT2D eigenvalue weighted by Crippen LogP contribution is -2.08. The molecule has 0 unspecified atom stereocenters. The number of hydrogen-bond acceptors (Lipinski definition) is 3. The molecule has 1 aromatic rings. The summed E-state index contributed by atoms with van der Waals surface area (Å²) in [5.41, 5.74) is 0.210. The Balaban J connectivity index is 2.29. The lowest BCUT2D eigenvalue weighted by molar-refractivity contribution is -0.114. The summed E-state index contributed by atoms with van der Waals surface area (Å²) in [4.78, 5) is 23.0. The van der Waals surface area contributed by atoms with Gasteiger partial charge in [0.2, 0.25) is 5.91 Å². The number of aromatic carboxylic acids is 1. The van der Waals surface area contributed by atoms with Gasteiger partial charge in [0.05, 0.1) is 5.56 Å². The third-order valence-corrected chi connectivity index (χ3v) is 3.99. The quantitative estimate of drug-likeness (QED) is 0.852. The van der Waals surface area contributed by atoms with Crippen molar-refractivity contribution in [1.29, 1.82) is 0 Å². The maximum Gasteiger partial charge on any atom is 0.338 e. The molecule has 1 heterocycles. The molecule has 2 rings (SSSR count). The number of anilines is 1. The van der Waals surface area contributed by atoms with Crippen molar-refractivity contribution in [2.45, 2.75) is 32.1 Å². The number of nitrogens with one attached hydrogen (secondary N) is 1. The minimum absolute atomic E-state index is 0.210. The van der Waals surface area contributed by atoms with Gasteiger partial charge in [0.25, 0.3) is 0 Å². The van der Waals surface area contributed by atoms with Crippen molar-refractivity contribution in [2.75, 3.05) is 5.32 Å². The molecule has 0 aliphatic heterocycles. The Morgan fingerprint density at radius 2 is 2.19 bits per heavy atom. The molecule has 1 fully saturated rings. The number of rotatable bonds is 3. The van der Waals surface area contributed by atoms with Gasteiger partial charge in [-0.2, -0.15) is 0 Å². The largest absolute Gasteiger partial charge is 0.478 e. The van der Waals surface area contributed by atoms with E-state index in [4.69, 9.17) is 5.11 Å². The van der Waals surface area contributed by atoms with E-state index in [0.717, 1.165) is 17.7 Å². The standard InChI is InChI=1S/C11H13NO3S/c1-6(13)12-10-8(11(14)15)5-9(16-10)7-3-2-4-7/h5,7H,2-4H2,1H3,(H,12,13)(H,14,15). The molecule has 1 aromatic heterocycles. The summed E-state index contributed by atoms with van der Waals surface area (Å²) in [6, 6.07) is 1.70. The first-order valence-corrected chi connectivity index (χ1v) is 6.04. The Bertz CT molecular complexity index is 434. The summed E-state index contributed by atoms with van der Waals surface area (Å²) >= 11 is 1.39. The number of carbonyl (C=O) groups excluding carboxylic acids is 1. The normalized spacial score (nSPS) is 15.6. The third-order valence-electron chi connectivity index (χ3n) is 2.78. The van der Waals surface area contributed by atoms with Gasteiger partial charge < -0.3 is 10.4 Å². The Labute approximate surface area is 97.3 Å². The SMILES string of the molecule is CC(=O)Nc1sc(C2CCC2)cc1C(=O)O. The predicted octanol–water partition coefficient (Wildman–Crippen LogP) is 2.67. The van der Waals surface area contributed by atoms with E-state index in [-0.39, 0.29) is 11.5 Å². The van der Waals surface area contributed by atoms with Gasteiger partial charge in [-0.3, -0.25) is 4.79 Å². The molecule has 0 saturated heterocycles. The third kappa shape index (κ3) is 2.09. The van der Waals surface area contributed by atoms with Crippen molar-refractivity contribution in [3.8, 4) is 0 Å². The maximum absolute atomic E-state index is 11.0. The van der Waals surface area contributed by atoms with E-state index in [0.29, 0.717) is 10.9 Å². The highest BCUT2D eigenvalue weighted by Crippen LogP contribution is 2.42. The number of carbonyl (C=O) groups is 2. The summed E-state index contributed by atoms with van der Waals surface area (Å²) in [6.45, 7) is 1.38. The van der Waals surface area contributed by atoms with Gasteiger partial charge in [0, 0.05) is 11.8 Å². The highest BCUT2D eigenvalue weighted by molar-refractivity contribution is 7.16. The average molecular weight is 239 g/mol. The Morgan fingerprint density at radius 3 is 2.62 bits per heavy atom. The van der Waals surface area contributed by atoms with E-state index in [1.807, 2.05) is 0 Å². The molecular formula is C11H13NO3S. The van der Waals surface area contributed by atoms with E-state index in [1.165, 1.54) is 24.7 Å². The van der Waals surface area contributed by atoms with Gasteiger partial charge in [-0.05, 0) is 24.8 Å². The summed E-state index contributed by atoms with van der Waals surface area (Å²) in [5.74, 6) is -0.722. The van der Waals surface area contributed by atoms with Crippen LogP contribution in [0.5, 0.6) is 0 Å². The molecule has 1 saturated carbocycles. The summed E-state index contributed by atoms with van der Waals surface area (Å²) in [7, 11) is 0. The molecule has 0 spiro atoms. The Hall–Kier alpha value is -1.36. The van der Waals surface area contributed by atoms with Crippen LogP contribution in [-0.4, -0.2) is 17.0 Å². The lowest BCUT2D eigenvalue weighted by Gasteiger charge is -2.23. The van der Waals surface area contributed by atoms with Crippen molar-refractivity contribution in [3.05, 3.63) is 16.5 Å². The fourth-order valence-corrected chi connectivity index (χ4v) is 2.98. The van der Waals surface area contributed by atoms with Gasteiger partial charge in [0.1, 0.15) is 5.00 Å². The first-order valence-electron chi connectivity index (χ1n) is 5.22. The Morgan fingerprint density at radius 1 is 1.50 bits per heavy atom. The fourth-order valence-electron chi connectivity index (χ4n) is 1.72. The molecule has 1 amide bonds. The molecule has 0 bridgehead atoms. The van der Waals surface area contributed by atoms with E-state index in [2.05, 4.69) is 5.32 Å². The van der Waals surface area contributed by atoms with Crippen molar-refractivity contribution in [2.24, 2.45) is 0 Å². The molecule has 2 N–H and O–H groups in total. The van der Waals surface area contributed by atoms with Gasteiger partial charge in [-0.15, -0.1) is 11.3 Å². The number of hydrogen-bond donors (Lipinski definition) is 2. The van der Waals surface area contributed by atoms with Gasteiger partial charge >= 0.3 is 5.97 Å². The molecule has 16 heavy (non-hydrogen) atoms. The molecule has 4 nitrogen and oxygen atoms in total. The summed E-state index contributed by atoms with van der Waals surface area (Å²) < 4.78 is 0. The lowest BCUT2D eigenvalue weighted by atomic mass is 9.84. The van der Waals surface area contributed by atoms with E-state index < -0.39 is 5.97 Å². The smallest absolute Gasteiger partial charge is 0.338 e. The van der Waals surface area contributed by atoms with E-state index in [1.54, 1.807) is 6.07 Å². The zero-order valence-electron chi connectivity index (χ0n) is 8.95. The average Bonchev–Trinajstić information content (AvgIpc) is 2.44. The molecule has 0 aromatic carbocycles. The molecule has 86 valence electrons. The van der Waals surface area contributed by atoms with Crippen LogP contribution in [0.2, 0.25) is 0 Å². The summed E-state index contributed by atoms with van der Waals surface area (Å²) in [6.07, 6.45) is 3.46. The minimum Gasteiger partial charge on any atom is -0.478 e. The maximum atomic E-state index is 11.0. The van der Waals surface area contributed by atoms with Crippen LogP contribution in [-0.2, 0) is 4.79 Å². The number of amides is 1. The van der Waals surface area contributed by atoms with E-state index >= 15 is 0 Å². The van der Waals surface area contributed by atoms with Crippen LogP contribution in [0.1, 0.15) is 47.3 Å². The second-order valence-electron chi connectivity index (χ2n) is 4.01. The van der Waals surface area contributed by atoms with Crippen LogP contribution >= 0.6 is 11.3 Å². The van der Waals surface area contributed by atoms with Crippen molar-refractivity contribution >= 4 is 28.2 Å². The highest BCUT2D eigenvalue weighted by atomic mass is 32.1. The fraction of sp³-hybridized carbons (Fsp3) is 0.455. The van der Waals surface area contributed by atoms with Crippen LogP contribution in [0.4, 0.5) is 5.00 Å². The zero-order valence-corrected chi connectivity index (χ0v) is 9.76. The minimum atomic E-state index is -0.981. The zero-order chi connectivity index (χ0) is 11.7. The molecule has 0 atom stereocenters. The second-order valence-corrected chi connectivity index (χ2v) is 5.09. The van der Waals surface area contributed by atoms with Crippen LogP contribution in [0, 0.1) is 0 Å². The monoisotopic (exact) mass is 239 g/mol. The molecule has 1 aliphatic rings. The van der Waals surface area contributed by atoms with Gasteiger partial charge in [0.15, 0.2) is 0 Å². The van der Waals surface area contributed by atoms with Crippen molar-refractivity contribution < 1.29 is 14.7 Å². The van der Waals surface area contributed by atoms with Crippen molar-refractivity contribution in [3.63, 3.8) is 0 Å².